The molecule has 33 heavy (non-hydrogen) atoms. The van der Waals surface area contributed by atoms with E-state index in [0.717, 1.165) is 16.8 Å². The summed E-state index contributed by atoms with van der Waals surface area (Å²) in [7, 11) is 0. The molecule has 3 aromatic carbocycles. The Hall–Kier alpha value is -3.74. The van der Waals surface area contributed by atoms with Crippen molar-refractivity contribution < 1.29 is 14.7 Å². The summed E-state index contributed by atoms with van der Waals surface area (Å²) in [6.07, 6.45) is 2.69. The minimum Gasteiger partial charge on any atom is -0.386 e. The van der Waals surface area contributed by atoms with Gasteiger partial charge in [0.15, 0.2) is 0 Å². The first-order chi connectivity index (χ1) is 16.0. The number of fused-ring (bicyclic) bond motifs is 1. The molecular weight excluding hydrogens is 414 g/mol. The molecule has 4 unspecified atom stereocenters. The Labute approximate surface area is 192 Å². The van der Waals surface area contributed by atoms with Gasteiger partial charge < -0.3 is 10.5 Å². The number of nitrogens with zero attached hydrogens (tertiary/aromatic N) is 2. The van der Waals surface area contributed by atoms with Crippen LogP contribution in [0.5, 0.6) is 0 Å². The predicted molar refractivity (Wildman–Crippen MR) is 127 cm³/mol. The van der Waals surface area contributed by atoms with Crippen molar-refractivity contribution in [2.75, 3.05) is 10.3 Å². The van der Waals surface area contributed by atoms with Gasteiger partial charge in [-0.2, -0.15) is 0 Å². The van der Waals surface area contributed by atoms with E-state index in [0.29, 0.717) is 5.69 Å². The highest BCUT2D eigenvalue weighted by atomic mass is 16.3. The van der Waals surface area contributed by atoms with Gasteiger partial charge in [0, 0.05) is 5.69 Å². The number of benzene rings is 3. The maximum Gasteiger partial charge on any atom is 0.254 e. The first kappa shape index (κ1) is 21.1. The first-order valence-corrected chi connectivity index (χ1v) is 11.0. The van der Waals surface area contributed by atoms with Gasteiger partial charge in [0.1, 0.15) is 6.04 Å². The lowest BCUT2D eigenvalue weighted by Gasteiger charge is -2.40. The van der Waals surface area contributed by atoms with E-state index >= 15 is 0 Å². The number of hydrogen-bond acceptors (Lipinski definition) is 5. The molecule has 0 saturated carbocycles. The third-order valence-corrected chi connectivity index (χ3v) is 6.24. The van der Waals surface area contributed by atoms with E-state index in [4.69, 9.17) is 0 Å². The molecular formula is C27H25N3O3. The van der Waals surface area contributed by atoms with Gasteiger partial charge in [-0.25, -0.2) is 9.91 Å². The molecule has 0 spiro atoms. The zero-order chi connectivity index (χ0) is 22.9. The van der Waals surface area contributed by atoms with Crippen molar-refractivity contribution in [3.63, 3.8) is 0 Å². The highest BCUT2D eigenvalue weighted by molar-refractivity contribution is 6.24. The predicted octanol–water partition coefficient (Wildman–Crippen LogP) is 3.85. The van der Waals surface area contributed by atoms with Crippen LogP contribution in [0.3, 0.4) is 0 Å². The first-order valence-electron chi connectivity index (χ1n) is 11.0. The number of aryl methyl sites for hydroxylation is 1. The van der Waals surface area contributed by atoms with Gasteiger partial charge in [0.2, 0.25) is 5.91 Å². The summed E-state index contributed by atoms with van der Waals surface area (Å²) in [5.74, 6) is -1.23. The normalized spacial score (nSPS) is 23.5. The molecule has 3 aromatic rings. The molecule has 2 aliphatic heterocycles. The van der Waals surface area contributed by atoms with Crippen LogP contribution in [-0.2, 0) is 9.59 Å². The van der Waals surface area contributed by atoms with Gasteiger partial charge in [-0.05, 0) is 36.8 Å². The molecule has 2 amide bonds. The van der Waals surface area contributed by atoms with Crippen LogP contribution in [0.15, 0.2) is 97.1 Å². The van der Waals surface area contributed by atoms with Crippen molar-refractivity contribution in [3.05, 3.63) is 108 Å². The van der Waals surface area contributed by atoms with Gasteiger partial charge in [-0.3, -0.25) is 9.59 Å². The summed E-state index contributed by atoms with van der Waals surface area (Å²) in [5.41, 5.74) is 6.49. The summed E-state index contributed by atoms with van der Waals surface area (Å²) in [6.45, 7) is 2.00. The number of rotatable bonds is 5. The third-order valence-electron chi connectivity index (χ3n) is 6.24. The molecule has 2 aliphatic rings. The number of para-hydroxylation sites is 1. The lowest BCUT2D eigenvalue weighted by molar-refractivity contribution is -0.123. The van der Waals surface area contributed by atoms with E-state index in [-0.39, 0.29) is 11.8 Å². The van der Waals surface area contributed by atoms with E-state index in [1.165, 1.54) is 4.90 Å². The van der Waals surface area contributed by atoms with Gasteiger partial charge in [-0.15, -0.1) is 0 Å². The SMILES string of the molecule is Cc1ccc(NN2C(C(O)c3ccccc3)C=CC3C(=O)N(c4ccccc4)C(=O)C32)cc1. The standard InChI is InChI=1S/C27H25N3O3/c1-18-12-14-20(15-13-18)28-30-23(25(31)19-8-4-2-5-9-19)17-16-22-24(30)27(33)29(26(22)32)21-10-6-3-7-11-21/h2-17,22-25,28,31H,1H3. The smallest absolute Gasteiger partial charge is 0.254 e. The van der Waals surface area contributed by atoms with Crippen molar-refractivity contribution in [1.29, 1.82) is 0 Å². The second-order valence-corrected chi connectivity index (χ2v) is 8.43. The number of aliphatic hydroxyl groups is 1. The van der Waals surface area contributed by atoms with Crippen LogP contribution in [0.25, 0.3) is 0 Å². The van der Waals surface area contributed by atoms with Crippen LogP contribution in [0.4, 0.5) is 11.4 Å². The third kappa shape index (κ3) is 3.84. The topological polar surface area (TPSA) is 72.9 Å². The molecule has 6 nitrogen and oxygen atoms in total. The molecule has 6 heteroatoms. The highest BCUT2D eigenvalue weighted by Gasteiger charge is 2.54. The number of anilines is 2. The van der Waals surface area contributed by atoms with Crippen LogP contribution in [0.2, 0.25) is 0 Å². The minimum absolute atomic E-state index is 0.268. The summed E-state index contributed by atoms with van der Waals surface area (Å²) in [6, 6.07) is 24.7. The van der Waals surface area contributed by atoms with Crippen LogP contribution in [0, 0.1) is 12.8 Å². The molecule has 5 rings (SSSR count). The van der Waals surface area contributed by atoms with Gasteiger partial charge >= 0.3 is 0 Å². The fourth-order valence-electron chi connectivity index (χ4n) is 4.53. The number of aliphatic hydroxyl groups excluding tert-OH is 1. The quantitative estimate of drug-likeness (QED) is 0.467. The van der Waals surface area contributed by atoms with Crippen molar-refractivity contribution >= 4 is 23.2 Å². The summed E-state index contributed by atoms with van der Waals surface area (Å²) >= 11 is 0. The molecule has 0 bridgehead atoms. The van der Waals surface area contributed by atoms with Crippen LogP contribution >= 0.6 is 0 Å². The van der Waals surface area contributed by atoms with Gasteiger partial charge in [-0.1, -0.05) is 78.4 Å². The van der Waals surface area contributed by atoms with Crippen LogP contribution in [0.1, 0.15) is 17.2 Å². The average Bonchev–Trinajstić information content (AvgIpc) is 3.11. The lowest BCUT2D eigenvalue weighted by Crippen LogP contribution is -2.55. The maximum atomic E-state index is 13.6. The van der Waals surface area contributed by atoms with Crippen LogP contribution < -0.4 is 10.3 Å². The van der Waals surface area contributed by atoms with E-state index in [1.54, 1.807) is 35.4 Å². The minimum atomic E-state index is -0.893. The Morgan fingerprint density at radius 3 is 2.12 bits per heavy atom. The van der Waals surface area contributed by atoms with Gasteiger partial charge in [0.05, 0.1) is 23.8 Å². The fraction of sp³-hybridized carbons (Fsp3) is 0.185. The van der Waals surface area contributed by atoms with E-state index < -0.39 is 24.1 Å². The number of hydrazine groups is 1. The lowest BCUT2D eigenvalue weighted by atomic mass is 9.90. The fourth-order valence-corrected chi connectivity index (χ4v) is 4.53. The van der Waals surface area contributed by atoms with E-state index in [1.807, 2.05) is 73.7 Å². The molecule has 1 fully saturated rings. The van der Waals surface area contributed by atoms with Crippen molar-refractivity contribution in [3.8, 4) is 0 Å². The molecule has 166 valence electrons. The number of hydrogen-bond donors (Lipinski definition) is 2. The molecule has 2 heterocycles. The molecule has 0 aromatic heterocycles. The maximum absolute atomic E-state index is 13.6. The van der Waals surface area contributed by atoms with Crippen molar-refractivity contribution in [2.45, 2.75) is 25.1 Å². The number of amides is 2. The number of carbonyl (C=O) groups is 2. The van der Waals surface area contributed by atoms with Crippen molar-refractivity contribution in [2.24, 2.45) is 5.92 Å². The summed E-state index contributed by atoms with van der Waals surface area (Å²) < 4.78 is 0. The Kier molecular flexibility index (Phi) is 5.54. The van der Waals surface area contributed by atoms with E-state index in [2.05, 4.69) is 5.43 Å². The number of carbonyl (C=O) groups excluding carboxylic acids is 2. The monoisotopic (exact) mass is 439 g/mol. The largest absolute Gasteiger partial charge is 0.386 e. The second-order valence-electron chi connectivity index (χ2n) is 8.43. The molecule has 0 radical (unpaired) electrons. The summed E-state index contributed by atoms with van der Waals surface area (Å²) in [5, 5.41) is 13.0. The zero-order valence-electron chi connectivity index (χ0n) is 18.2. The Morgan fingerprint density at radius 1 is 0.818 bits per heavy atom. The summed E-state index contributed by atoms with van der Waals surface area (Å²) in [4.78, 5) is 28.1. The Balaban J connectivity index is 1.54. The Bertz CT molecular complexity index is 1180. The van der Waals surface area contributed by atoms with E-state index in [9.17, 15) is 14.7 Å². The van der Waals surface area contributed by atoms with Crippen LogP contribution in [-0.4, -0.2) is 34.0 Å². The Morgan fingerprint density at radius 2 is 1.45 bits per heavy atom. The number of nitrogens with one attached hydrogen (secondary N) is 1. The average molecular weight is 440 g/mol. The molecule has 4 atom stereocenters. The van der Waals surface area contributed by atoms with Gasteiger partial charge in [0.25, 0.3) is 5.91 Å². The second kappa shape index (κ2) is 8.65. The molecule has 2 N–H and O–H groups in total. The highest BCUT2D eigenvalue weighted by Crippen LogP contribution is 2.37. The molecule has 0 aliphatic carbocycles. The molecule has 1 saturated heterocycles. The number of imide groups is 1. The van der Waals surface area contributed by atoms with Crippen molar-refractivity contribution in [1.82, 2.24) is 5.01 Å². The zero-order valence-corrected chi connectivity index (χ0v) is 18.2.